The Morgan fingerprint density at radius 1 is 0.867 bits per heavy atom. The van der Waals surface area contributed by atoms with Gasteiger partial charge in [-0.1, -0.05) is 43.5 Å². The molecule has 4 rings (SSSR count). The molecule has 0 radical (unpaired) electrons. The molecule has 0 spiro atoms. The van der Waals surface area contributed by atoms with Crippen LogP contribution in [0.3, 0.4) is 0 Å². The molecule has 162 valence electrons. The summed E-state index contributed by atoms with van der Waals surface area (Å²) in [6, 6.07) is 8.35. The molecule has 2 heterocycles. The van der Waals surface area contributed by atoms with Crippen LogP contribution in [0.1, 0.15) is 43.2 Å². The van der Waals surface area contributed by atoms with E-state index in [-0.39, 0.29) is 12.0 Å². The number of aromatic nitrogens is 3. The Hall–Kier alpha value is -2.58. The number of nitrogens with one attached hydrogen (secondary N) is 2. The maximum atomic E-state index is 12.7. The number of fused-ring (bicyclic) bond motifs is 1. The van der Waals surface area contributed by atoms with E-state index in [1.54, 1.807) is 0 Å². The molecule has 2 N–H and O–H groups in total. The minimum Gasteiger partial charge on any atom is -0.351 e. The lowest BCUT2D eigenvalue weighted by Gasteiger charge is -2.25. The summed E-state index contributed by atoms with van der Waals surface area (Å²) in [6.45, 7) is 0.429. The zero-order chi connectivity index (χ0) is 21.0. The van der Waals surface area contributed by atoms with Gasteiger partial charge in [0.15, 0.2) is 0 Å². The first-order valence-corrected chi connectivity index (χ1v) is 10.6. The van der Waals surface area contributed by atoms with E-state index in [9.17, 15) is 13.2 Å². The Labute approximate surface area is 174 Å². The second-order valence-corrected chi connectivity index (χ2v) is 8.02. The molecule has 0 atom stereocenters. The van der Waals surface area contributed by atoms with E-state index in [2.05, 4.69) is 42.6 Å². The highest BCUT2D eigenvalue weighted by Crippen LogP contribution is 2.25. The number of alkyl halides is 3. The van der Waals surface area contributed by atoms with Crippen molar-refractivity contribution in [2.45, 2.75) is 57.2 Å². The Morgan fingerprint density at radius 2 is 1.47 bits per heavy atom. The molecule has 1 aliphatic carbocycles. The average molecular weight is 420 g/mol. The van der Waals surface area contributed by atoms with Crippen LogP contribution in [0.4, 0.5) is 31.0 Å². The van der Waals surface area contributed by atoms with Gasteiger partial charge in [0.2, 0.25) is 17.8 Å². The maximum Gasteiger partial charge on any atom is 0.405 e. The van der Waals surface area contributed by atoms with Gasteiger partial charge in [-0.3, -0.25) is 0 Å². The van der Waals surface area contributed by atoms with E-state index in [0.717, 1.165) is 51.6 Å². The summed E-state index contributed by atoms with van der Waals surface area (Å²) in [5.74, 6) is 0.719. The van der Waals surface area contributed by atoms with Crippen LogP contribution in [0.25, 0.3) is 0 Å². The third-order valence-electron chi connectivity index (χ3n) is 5.59. The smallest absolute Gasteiger partial charge is 0.351 e. The molecule has 2 aromatic rings. The SMILES string of the molecule is FC(F)(F)CNc1nc(NC2Cc3ccccc3C2)nc(N2CCCCCCC2)n1. The summed E-state index contributed by atoms with van der Waals surface area (Å²) < 4.78 is 38.1. The lowest BCUT2D eigenvalue weighted by molar-refractivity contribution is -0.115. The summed E-state index contributed by atoms with van der Waals surface area (Å²) >= 11 is 0. The van der Waals surface area contributed by atoms with Gasteiger partial charge in [-0.05, 0) is 36.8 Å². The van der Waals surface area contributed by atoms with E-state index in [4.69, 9.17) is 0 Å². The Bertz CT molecular complexity index is 824. The molecule has 1 aliphatic heterocycles. The predicted molar refractivity (Wildman–Crippen MR) is 111 cm³/mol. The Morgan fingerprint density at radius 3 is 2.10 bits per heavy atom. The quantitative estimate of drug-likeness (QED) is 0.756. The summed E-state index contributed by atoms with van der Waals surface area (Å²) in [6.07, 6.45) is 2.90. The van der Waals surface area contributed by atoms with Crippen LogP contribution in [-0.4, -0.2) is 46.8 Å². The second-order valence-electron chi connectivity index (χ2n) is 8.02. The van der Waals surface area contributed by atoms with Gasteiger partial charge in [-0.15, -0.1) is 0 Å². The van der Waals surface area contributed by atoms with Crippen molar-refractivity contribution in [2.75, 3.05) is 35.2 Å². The topological polar surface area (TPSA) is 66.0 Å². The standard InChI is InChI=1S/C21H27F3N6/c22-21(23,24)14-25-18-27-19(26-17-12-15-8-4-5-9-16(15)13-17)29-20(28-18)30-10-6-2-1-3-7-11-30/h4-5,8-9,17H,1-3,6-7,10-14H2,(H2,25,26,27,28,29). The van der Waals surface area contributed by atoms with Crippen molar-refractivity contribution in [3.63, 3.8) is 0 Å². The van der Waals surface area contributed by atoms with Crippen LogP contribution < -0.4 is 15.5 Å². The summed E-state index contributed by atoms with van der Waals surface area (Å²) in [4.78, 5) is 15.2. The van der Waals surface area contributed by atoms with Gasteiger partial charge in [0.25, 0.3) is 0 Å². The number of halogens is 3. The minimum atomic E-state index is -4.34. The zero-order valence-electron chi connectivity index (χ0n) is 16.9. The highest BCUT2D eigenvalue weighted by atomic mass is 19.4. The second kappa shape index (κ2) is 9.06. The number of hydrogen-bond acceptors (Lipinski definition) is 6. The van der Waals surface area contributed by atoms with Crippen molar-refractivity contribution in [3.05, 3.63) is 35.4 Å². The van der Waals surface area contributed by atoms with Crippen molar-refractivity contribution in [3.8, 4) is 0 Å². The molecule has 0 unspecified atom stereocenters. The van der Waals surface area contributed by atoms with Crippen molar-refractivity contribution >= 4 is 17.8 Å². The molecule has 0 saturated carbocycles. The molecule has 1 aromatic carbocycles. The summed E-state index contributed by atoms with van der Waals surface area (Å²) in [7, 11) is 0. The van der Waals surface area contributed by atoms with E-state index < -0.39 is 12.7 Å². The highest BCUT2D eigenvalue weighted by Gasteiger charge is 2.28. The third kappa shape index (κ3) is 5.52. The minimum absolute atomic E-state index is 0.0441. The molecular weight excluding hydrogens is 393 g/mol. The number of hydrogen-bond donors (Lipinski definition) is 2. The first-order chi connectivity index (χ1) is 14.5. The van der Waals surface area contributed by atoms with Crippen molar-refractivity contribution in [1.29, 1.82) is 0 Å². The van der Waals surface area contributed by atoms with Crippen molar-refractivity contribution in [1.82, 2.24) is 15.0 Å². The molecule has 30 heavy (non-hydrogen) atoms. The lowest BCUT2D eigenvalue weighted by atomic mass is 10.1. The van der Waals surface area contributed by atoms with Crippen molar-refractivity contribution in [2.24, 2.45) is 0 Å². The largest absolute Gasteiger partial charge is 0.405 e. The molecule has 1 fully saturated rings. The molecule has 0 amide bonds. The molecule has 6 nitrogen and oxygen atoms in total. The fraction of sp³-hybridized carbons (Fsp3) is 0.571. The first-order valence-electron chi connectivity index (χ1n) is 10.6. The molecule has 2 aliphatic rings. The Balaban J connectivity index is 1.53. The van der Waals surface area contributed by atoms with Crippen LogP contribution in [0.15, 0.2) is 24.3 Å². The molecule has 1 saturated heterocycles. The van der Waals surface area contributed by atoms with Gasteiger partial charge in [-0.2, -0.15) is 28.1 Å². The van der Waals surface area contributed by atoms with Crippen LogP contribution >= 0.6 is 0 Å². The third-order valence-corrected chi connectivity index (χ3v) is 5.59. The van der Waals surface area contributed by atoms with Gasteiger partial charge in [0.05, 0.1) is 0 Å². The Kier molecular flexibility index (Phi) is 6.24. The number of anilines is 3. The van der Waals surface area contributed by atoms with E-state index in [1.165, 1.54) is 17.5 Å². The van der Waals surface area contributed by atoms with Gasteiger partial charge < -0.3 is 15.5 Å². The molecule has 9 heteroatoms. The van der Waals surface area contributed by atoms with Crippen LogP contribution in [0, 0.1) is 0 Å². The van der Waals surface area contributed by atoms with Crippen LogP contribution in [0.2, 0.25) is 0 Å². The van der Waals surface area contributed by atoms with E-state index in [0.29, 0.717) is 11.9 Å². The highest BCUT2D eigenvalue weighted by molar-refractivity contribution is 5.46. The normalized spacial score (nSPS) is 17.9. The number of benzene rings is 1. The zero-order valence-corrected chi connectivity index (χ0v) is 16.9. The van der Waals surface area contributed by atoms with E-state index >= 15 is 0 Å². The van der Waals surface area contributed by atoms with E-state index in [1.807, 2.05) is 12.1 Å². The average Bonchev–Trinajstić information content (AvgIpc) is 3.07. The maximum absolute atomic E-state index is 12.7. The predicted octanol–water partition coefficient (Wildman–Crippen LogP) is 4.20. The molecule has 1 aromatic heterocycles. The van der Waals surface area contributed by atoms with Crippen LogP contribution in [0.5, 0.6) is 0 Å². The number of rotatable bonds is 5. The van der Waals surface area contributed by atoms with Gasteiger partial charge in [0, 0.05) is 19.1 Å². The first kappa shape index (κ1) is 20.7. The lowest BCUT2D eigenvalue weighted by Crippen LogP contribution is -2.31. The van der Waals surface area contributed by atoms with Crippen molar-refractivity contribution < 1.29 is 13.2 Å². The summed E-state index contributed by atoms with van der Waals surface area (Å²) in [5, 5.41) is 5.64. The molecular formula is C21H27F3N6. The van der Waals surface area contributed by atoms with Gasteiger partial charge in [0.1, 0.15) is 6.54 Å². The van der Waals surface area contributed by atoms with Crippen LogP contribution in [-0.2, 0) is 12.8 Å². The number of nitrogens with zero attached hydrogens (tertiary/aromatic N) is 4. The fourth-order valence-electron chi connectivity index (χ4n) is 4.12. The fourth-order valence-corrected chi connectivity index (χ4v) is 4.12. The monoisotopic (exact) mass is 420 g/mol. The summed E-state index contributed by atoms with van der Waals surface area (Å²) in [5.41, 5.74) is 2.56. The van der Waals surface area contributed by atoms with Gasteiger partial charge >= 0.3 is 6.18 Å². The molecule has 0 bridgehead atoms. The van der Waals surface area contributed by atoms with Gasteiger partial charge in [-0.25, -0.2) is 0 Å².